The normalized spacial score (nSPS) is 13.2. The van der Waals surface area contributed by atoms with Gasteiger partial charge in [0.2, 0.25) is 5.43 Å². The molecular weight excluding hydrogens is 365 g/mol. The van der Waals surface area contributed by atoms with Crippen LogP contribution < -0.4 is 10.7 Å². The zero-order valence-corrected chi connectivity index (χ0v) is 18.5. The first kappa shape index (κ1) is 20.6. The SMILES string of the molecule is CNc1ncc(-c2ccc3c(=O)c(C(=O)O)cn(C4CC4)c3c2C)cc1C.[Na]. The number of pyridine rings is 2. The Morgan fingerprint density at radius 1 is 1.29 bits per heavy atom. The van der Waals surface area contributed by atoms with Crippen molar-refractivity contribution in [1.82, 2.24) is 9.55 Å². The van der Waals surface area contributed by atoms with Gasteiger partial charge in [0.1, 0.15) is 11.4 Å². The summed E-state index contributed by atoms with van der Waals surface area (Å²) in [6, 6.07) is 5.95. The first-order valence-corrected chi connectivity index (χ1v) is 8.99. The summed E-state index contributed by atoms with van der Waals surface area (Å²) in [6.45, 7) is 3.98. The van der Waals surface area contributed by atoms with Crippen molar-refractivity contribution in [3.8, 4) is 11.1 Å². The van der Waals surface area contributed by atoms with Gasteiger partial charge in [-0.2, -0.15) is 0 Å². The van der Waals surface area contributed by atoms with Gasteiger partial charge < -0.3 is 15.0 Å². The zero-order valence-electron chi connectivity index (χ0n) is 16.5. The molecule has 7 heteroatoms. The molecule has 1 saturated carbocycles. The summed E-state index contributed by atoms with van der Waals surface area (Å²) < 4.78 is 1.97. The van der Waals surface area contributed by atoms with Crippen LogP contribution in [0, 0.1) is 13.8 Å². The van der Waals surface area contributed by atoms with E-state index in [2.05, 4.69) is 16.4 Å². The number of carboxylic acids is 1. The number of anilines is 1. The smallest absolute Gasteiger partial charge is 0.341 e. The maximum Gasteiger partial charge on any atom is 0.341 e. The maximum atomic E-state index is 12.7. The van der Waals surface area contributed by atoms with Crippen molar-refractivity contribution < 1.29 is 9.90 Å². The molecule has 0 bridgehead atoms. The molecule has 6 nitrogen and oxygen atoms in total. The molecule has 0 unspecified atom stereocenters. The van der Waals surface area contributed by atoms with Crippen molar-refractivity contribution >= 4 is 52.2 Å². The average molecular weight is 386 g/mol. The second-order valence-electron chi connectivity index (χ2n) is 7.09. The van der Waals surface area contributed by atoms with E-state index >= 15 is 0 Å². The molecule has 3 aromatic rings. The molecule has 2 N–H and O–H groups in total. The van der Waals surface area contributed by atoms with Crippen molar-refractivity contribution in [3.05, 3.63) is 57.5 Å². The van der Waals surface area contributed by atoms with Crippen LogP contribution in [-0.4, -0.2) is 57.2 Å². The van der Waals surface area contributed by atoms with E-state index in [1.54, 1.807) is 6.07 Å². The van der Waals surface area contributed by atoms with Gasteiger partial charge in [-0.1, -0.05) is 6.07 Å². The zero-order chi connectivity index (χ0) is 19.3. The summed E-state index contributed by atoms with van der Waals surface area (Å²) >= 11 is 0. The van der Waals surface area contributed by atoms with E-state index < -0.39 is 11.4 Å². The van der Waals surface area contributed by atoms with Crippen LogP contribution in [-0.2, 0) is 0 Å². The minimum atomic E-state index is -1.18. The van der Waals surface area contributed by atoms with Gasteiger partial charge in [-0.25, -0.2) is 9.78 Å². The van der Waals surface area contributed by atoms with Gasteiger partial charge in [0, 0.05) is 66.0 Å². The second-order valence-corrected chi connectivity index (χ2v) is 7.09. The third-order valence-electron chi connectivity index (χ3n) is 5.24. The number of carboxylic acid groups (broad SMARTS) is 1. The van der Waals surface area contributed by atoms with E-state index in [-0.39, 0.29) is 41.2 Å². The monoisotopic (exact) mass is 386 g/mol. The summed E-state index contributed by atoms with van der Waals surface area (Å²) in [5.74, 6) is -0.348. The van der Waals surface area contributed by atoms with E-state index in [4.69, 9.17) is 0 Å². The van der Waals surface area contributed by atoms with Crippen LogP contribution in [0.25, 0.3) is 22.0 Å². The molecule has 1 aliphatic rings. The van der Waals surface area contributed by atoms with Crippen molar-refractivity contribution in [1.29, 1.82) is 0 Å². The fourth-order valence-electron chi connectivity index (χ4n) is 3.71. The molecule has 1 aromatic carbocycles. The molecule has 4 rings (SSSR count). The molecule has 139 valence electrons. The molecule has 0 atom stereocenters. The molecule has 2 heterocycles. The number of fused-ring (bicyclic) bond motifs is 1. The Kier molecular flexibility index (Phi) is 5.66. The minimum absolute atomic E-state index is 0. The van der Waals surface area contributed by atoms with Gasteiger partial charge in [0.05, 0.1) is 5.52 Å². The van der Waals surface area contributed by atoms with Gasteiger partial charge in [-0.3, -0.25) is 4.79 Å². The minimum Gasteiger partial charge on any atom is -0.477 e. The average Bonchev–Trinajstić information content (AvgIpc) is 3.47. The summed E-state index contributed by atoms with van der Waals surface area (Å²) in [6.07, 6.45) is 5.32. The first-order chi connectivity index (χ1) is 12.9. The van der Waals surface area contributed by atoms with Crippen LogP contribution >= 0.6 is 0 Å². The third-order valence-corrected chi connectivity index (χ3v) is 5.24. The Balaban J connectivity index is 0.00000225. The number of carbonyl (C=O) groups is 1. The Bertz CT molecular complexity index is 1150. The number of benzene rings is 1. The van der Waals surface area contributed by atoms with E-state index in [1.807, 2.05) is 37.7 Å². The van der Waals surface area contributed by atoms with Crippen LogP contribution in [0.4, 0.5) is 5.82 Å². The third kappa shape index (κ3) is 3.36. The molecule has 1 radical (unpaired) electrons. The number of hydrogen-bond donors (Lipinski definition) is 2. The Morgan fingerprint density at radius 3 is 2.57 bits per heavy atom. The number of nitrogens with one attached hydrogen (secondary N) is 1. The Hall–Kier alpha value is -2.15. The summed E-state index contributed by atoms with van der Waals surface area (Å²) in [5, 5.41) is 12.9. The van der Waals surface area contributed by atoms with Crippen molar-refractivity contribution in [2.45, 2.75) is 32.7 Å². The fourth-order valence-corrected chi connectivity index (χ4v) is 3.71. The van der Waals surface area contributed by atoms with Crippen molar-refractivity contribution in [2.24, 2.45) is 0 Å². The molecule has 0 saturated heterocycles. The summed E-state index contributed by atoms with van der Waals surface area (Å²) in [5.41, 5.74) is 4.20. The summed E-state index contributed by atoms with van der Waals surface area (Å²) in [4.78, 5) is 28.7. The predicted octanol–water partition coefficient (Wildman–Crippen LogP) is 3.37. The van der Waals surface area contributed by atoms with Crippen LogP contribution in [0.2, 0.25) is 0 Å². The number of aromatic carboxylic acids is 1. The van der Waals surface area contributed by atoms with E-state index in [0.717, 1.165) is 46.4 Å². The number of nitrogens with zero attached hydrogens (tertiary/aromatic N) is 2. The number of hydrogen-bond acceptors (Lipinski definition) is 4. The van der Waals surface area contributed by atoms with Gasteiger partial charge >= 0.3 is 5.97 Å². The predicted molar refractivity (Wildman–Crippen MR) is 111 cm³/mol. The standard InChI is InChI=1S/C21H21N3O3.Na/c1-11-8-13(9-23-20(11)22-3)15-6-7-16-18(12(15)2)24(14-4-5-14)10-17(19(16)25)21(26)27;/h6-10,14H,4-5H2,1-3H3,(H,22,23)(H,26,27);. The van der Waals surface area contributed by atoms with E-state index in [1.165, 1.54) is 6.20 Å². The number of rotatable bonds is 4. The molecule has 0 spiro atoms. The van der Waals surface area contributed by atoms with Crippen molar-refractivity contribution in [3.63, 3.8) is 0 Å². The van der Waals surface area contributed by atoms with E-state index in [0.29, 0.717) is 5.39 Å². The number of aromatic nitrogens is 2. The summed E-state index contributed by atoms with van der Waals surface area (Å²) in [7, 11) is 1.84. The topological polar surface area (TPSA) is 84.2 Å². The quantitative estimate of drug-likeness (QED) is 0.672. The Morgan fingerprint density at radius 2 is 2.00 bits per heavy atom. The van der Waals surface area contributed by atoms with E-state index in [9.17, 15) is 14.7 Å². The molecule has 2 aromatic heterocycles. The van der Waals surface area contributed by atoms with Gasteiger partial charge in [0.25, 0.3) is 0 Å². The molecule has 1 fully saturated rings. The molecule has 0 amide bonds. The van der Waals surface area contributed by atoms with Crippen LogP contribution in [0.5, 0.6) is 0 Å². The fraction of sp³-hybridized carbons (Fsp3) is 0.286. The first-order valence-electron chi connectivity index (χ1n) is 8.99. The van der Waals surface area contributed by atoms with Crippen LogP contribution in [0.3, 0.4) is 0 Å². The molecule has 0 aliphatic heterocycles. The Labute approximate surface area is 184 Å². The van der Waals surface area contributed by atoms with Gasteiger partial charge in [-0.05, 0) is 55.5 Å². The molecular formula is C21H21N3NaO3. The largest absolute Gasteiger partial charge is 0.477 e. The van der Waals surface area contributed by atoms with Gasteiger partial charge in [-0.15, -0.1) is 0 Å². The van der Waals surface area contributed by atoms with Crippen molar-refractivity contribution in [2.75, 3.05) is 12.4 Å². The maximum absolute atomic E-state index is 12.7. The molecule has 1 aliphatic carbocycles. The number of aryl methyl sites for hydroxylation is 2. The van der Waals surface area contributed by atoms with Crippen LogP contribution in [0.1, 0.15) is 40.4 Å². The second kappa shape index (κ2) is 7.70. The van der Waals surface area contributed by atoms with Crippen LogP contribution in [0.15, 0.2) is 35.4 Å². The molecule has 28 heavy (non-hydrogen) atoms. The van der Waals surface area contributed by atoms with Gasteiger partial charge in [0.15, 0.2) is 0 Å².